The fourth-order valence-corrected chi connectivity index (χ4v) is 4.38. The van der Waals surface area contributed by atoms with E-state index in [1.54, 1.807) is 17.0 Å². The third kappa shape index (κ3) is 3.93. The van der Waals surface area contributed by atoms with Crippen molar-refractivity contribution in [1.29, 1.82) is 0 Å². The van der Waals surface area contributed by atoms with Crippen molar-refractivity contribution >= 4 is 44.3 Å². The van der Waals surface area contributed by atoms with Gasteiger partial charge in [-0.25, -0.2) is 0 Å². The Morgan fingerprint density at radius 1 is 1.16 bits per heavy atom. The summed E-state index contributed by atoms with van der Waals surface area (Å²) in [4.78, 5) is 30.0. The van der Waals surface area contributed by atoms with Crippen molar-refractivity contribution in [1.82, 2.24) is 4.90 Å². The molecule has 166 valence electrons. The number of benzene rings is 2. The highest BCUT2D eigenvalue weighted by Gasteiger charge is 2.44. The van der Waals surface area contributed by atoms with E-state index in [-0.39, 0.29) is 11.3 Å². The zero-order valence-electron chi connectivity index (χ0n) is 18.3. The van der Waals surface area contributed by atoms with Gasteiger partial charge in [-0.3, -0.25) is 9.59 Å². The molecule has 1 atom stereocenters. The number of nitrogens with zero attached hydrogens (tertiary/aromatic N) is 2. The van der Waals surface area contributed by atoms with Gasteiger partial charge in [-0.05, 0) is 48.4 Å². The van der Waals surface area contributed by atoms with E-state index in [1.165, 1.54) is 0 Å². The summed E-state index contributed by atoms with van der Waals surface area (Å²) in [5.74, 6) is -1.42. The van der Waals surface area contributed by atoms with Crippen LogP contribution in [0.2, 0.25) is 0 Å². The van der Waals surface area contributed by atoms with Gasteiger partial charge in [-0.2, -0.15) is 0 Å². The lowest BCUT2D eigenvalue weighted by Crippen LogP contribution is -2.32. The summed E-state index contributed by atoms with van der Waals surface area (Å²) in [7, 11) is 3.89. The van der Waals surface area contributed by atoms with Crippen LogP contribution in [-0.2, 0) is 4.79 Å². The lowest BCUT2D eigenvalue weighted by atomic mass is 9.94. The second kappa shape index (κ2) is 8.82. The molecule has 0 saturated heterocycles. The number of Topliss-reactive ketones (excluding diaryl/α,β-unsaturated/α-hetero) is 1. The quantitative estimate of drug-likeness (QED) is 0.428. The van der Waals surface area contributed by atoms with Crippen molar-refractivity contribution in [3.63, 3.8) is 0 Å². The predicted octanol–water partition coefficient (Wildman–Crippen LogP) is 5.64. The Morgan fingerprint density at radius 2 is 1.88 bits per heavy atom. The van der Waals surface area contributed by atoms with Crippen LogP contribution < -0.4 is 4.90 Å². The first-order chi connectivity index (χ1) is 15.3. The molecule has 0 radical (unpaired) electrons. The molecule has 1 aliphatic heterocycles. The van der Waals surface area contributed by atoms with Crippen molar-refractivity contribution in [2.24, 2.45) is 0 Å². The Bertz CT molecular complexity index is 1210. The molecule has 1 amide bonds. The number of halogens is 1. The Balaban J connectivity index is 1.78. The highest BCUT2D eigenvalue weighted by Crippen LogP contribution is 2.40. The summed E-state index contributed by atoms with van der Waals surface area (Å²) < 4.78 is 6.65. The number of anilines is 1. The Kier molecular flexibility index (Phi) is 6.11. The van der Waals surface area contributed by atoms with Crippen molar-refractivity contribution in [3.8, 4) is 0 Å². The topological polar surface area (TPSA) is 74.0 Å². The van der Waals surface area contributed by atoms with Crippen molar-refractivity contribution in [2.75, 3.05) is 25.5 Å². The lowest BCUT2D eigenvalue weighted by Gasteiger charge is -2.27. The molecule has 2 heterocycles. The van der Waals surface area contributed by atoms with Gasteiger partial charge in [0, 0.05) is 36.2 Å². The van der Waals surface area contributed by atoms with Crippen LogP contribution in [0.3, 0.4) is 0 Å². The zero-order chi connectivity index (χ0) is 23.0. The van der Waals surface area contributed by atoms with E-state index in [0.717, 1.165) is 34.0 Å². The average molecular weight is 497 g/mol. The Labute approximate surface area is 195 Å². The molecule has 0 spiro atoms. The number of ketones is 1. The summed E-state index contributed by atoms with van der Waals surface area (Å²) in [6, 6.07) is 14.1. The van der Waals surface area contributed by atoms with Gasteiger partial charge in [0.15, 0.2) is 11.5 Å². The van der Waals surface area contributed by atoms with E-state index in [0.29, 0.717) is 12.1 Å². The molecule has 0 bridgehead atoms. The third-order valence-corrected chi connectivity index (χ3v) is 6.22. The van der Waals surface area contributed by atoms with E-state index >= 15 is 0 Å². The minimum Gasteiger partial charge on any atom is -0.503 e. The number of amides is 1. The maximum absolute atomic E-state index is 13.5. The average Bonchev–Trinajstić information content (AvgIpc) is 3.30. The van der Waals surface area contributed by atoms with Crippen molar-refractivity contribution in [3.05, 3.63) is 75.7 Å². The van der Waals surface area contributed by atoms with Gasteiger partial charge in [-0.1, -0.05) is 41.4 Å². The largest absolute Gasteiger partial charge is 0.503 e. The number of hydrogen-bond donors (Lipinski definition) is 1. The number of furan rings is 1. The molecule has 6 nitrogen and oxygen atoms in total. The number of unbranched alkanes of at least 4 members (excludes halogenated alkanes) is 1. The Hall–Kier alpha value is -3.06. The van der Waals surface area contributed by atoms with Crippen LogP contribution in [0.1, 0.15) is 41.9 Å². The smallest absolute Gasteiger partial charge is 0.290 e. The highest BCUT2D eigenvalue weighted by atomic mass is 79.9. The van der Waals surface area contributed by atoms with Gasteiger partial charge in [0.2, 0.25) is 5.78 Å². The fourth-order valence-electron chi connectivity index (χ4n) is 4.00. The van der Waals surface area contributed by atoms with Gasteiger partial charge in [0.25, 0.3) is 5.91 Å². The second-order valence-electron chi connectivity index (χ2n) is 8.12. The molecule has 0 aliphatic carbocycles. The zero-order valence-corrected chi connectivity index (χ0v) is 19.8. The maximum atomic E-state index is 13.5. The monoisotopic (exact) mass is 496 g/mol. The van der Waals surface area contributed by atoms with Gasteiger partial charge in [0.1, 0.15) is 5.58 Å². The number of carbonyl (C=O) groups is 2. The van der Waals surface area contributed by atoms with E-state index < -0.39 is 23.5 Å². The lowest BCUT2D eigenvalue weighted by molar-refractivity contribution is -0.129. The number of hydrogen-bond acceptors (Lipinski definition) is 5. The first kappa shape index (κ1) is 22.1. The number of fused-ring (bicyclic) bond motifs is 1. The highest BCUT2D eigenvalue weighted by molar-refractivity contribution is 9.10. The summed E-state index contributed by atoms with van der Waals surface area (Å²) >= 11 is 3.42. The molecule has 4 rings (SSSR count). The molecule has 1 N–H and O–H groups in total. The predicted molar refractivity (Wildman–Crippen MR) is 128 cm³/mol. The molecule has 3 aromatic rings. The van der Waals surface area contributed by atoms with Crippen molar-refractivity contribution in [2.45, 2.75) is 25.8 Å². The summed E-state index contributed by atoms with van der Waals surface area (Å²) in [5, 5.41) is 11.5. The SMILES string of the molecule is CCCCN1C(=O)C(O)=C(C(=O)c2cc3cc(Br)ccc3o2)C1c1ccc(N(C)C)cc1. The van der Waals surface area contributed by atoms with Crippen LogP contribution in [0.25, 0.3) is 11.0 Å². The van der Waals surface area contributed by atoms with Crippen molar-refractivity contribution < 1.29 is 19.1 Å². The van der Waals surface area contributed by atoms with E-state index in [2.05, 4.69) is 15.9 Å². The van der Waals surface area contributed by atoms with Crippen LogP contribution in [-0.4, -0.2) is 42.3 Å². The van der Waals surface area contributed by atoms with Gasteiger partial charge < -0.3 is 19.3 Å². The molecular weight excluding hydrogens is 472 g/mol. The fraction of sp³-hybridized carbons (Fsp3) is 0.280. The molecule has 1 unspecified atom stereocenters. The second-order valence-corrected chi connectivity index (χ2v) is 9.04. The maximum Gasteiger partial charge on any atom is 0.290 e. The molecule has 32 heavy (non-hydrogen) atoms. The minimum atomic E-state index is -0.669. The normalized spacial score (nSPS) is 16.3. The molecule has 2 aromatic carbocycles. The number of rotatable bonds is 7. The summed E-state index contributed by atoms with van der Waals surface area (Å²) in [5.41, 5.74) is 2.39. The first-order valence-electron chi connectivity index (χ1n) is 10.6. The van der Waals surface area contributed by atoms with Crippen LogP contribution in [0.5, 0.6) is 0 Å². The van der Waals surface area contributed by atoms with Crippen LogP contribution in [0, 0.1) is 0 Å². The van der Waals surface area contributed by atoms with Crippen LogP contribution >= 0.6 is 15.9 Å². The Morgan fingerprint density at radius 3 is 2.53 bits per heavy atom. The third-order valence-electron chi connectivity index (χ3n) is 5.73. The van der Waals surface area contributed by atoms with Gasteiger partial charge >= 0.3 is 0 Å². The van der Waals surface area contributed by atoms with E-state index in [1.807, 2.05) is 62.3 Å². The number of aliphatic hydroxyl groups excluding tert-OH is 1. The molecule has 1 aliphatic rings. The molecular formula is C25H25BrN2O4. The van der Waals surface area contributed by atoms with E-state index in [9.17, 15) is 14.7 Å². The molecule has 7 heteroatoms. The van der Waals surface area contributed by atoms with Gasteiger partial charge in [-0.15, -0.1) is 0 Å². The van der Waals surface area contributed by atoms with E-state index in [4.69, 9.17) is 4.42 Å². The van der Waals surface area contributed by atoms with Gasteiger partial charge in [0.05, 0.1) is 11.6 Å². The molecule has 0 fully saturated rings. The number of aliphatic hydroxyl groups is 1. The summed E-state index contributed by atoms with van der Waals surface area (Å²) in [6.07, 6.45) is 1.66. The minimum absolute atomic E-state index is 0.0572. The molecule has 1 aromatic heterocycles. The van der Waals surface area contributed by atoms with Crippen LogP contribution in [0.4, 0.5) is 5.69 Å². The van der Waals surface area contributed by atoms with Crippen LogP contribution in [0.15, 0.2) is 68.8 Å². The molecule has 0 saturated carbocycles. The first-order valence-corrected chi connectivity index (χ1v) is 11.4. The summed E-state index contributed by atoms with van der Waals surface area (Å²) in [6.45, 7) is 2.48. The standard InChI is InChI=1S/C25H25BrN2O4/c1-4-5-12-28-22(15-6-9-18(10-7-15)27(2)3)21(24(30)25(28)31)23(29)20-14-16-13-17(26)8-11-19(16)32-20/h6-11,13-14,22,30H,4-5,12H2,1-3H3. The number of carbonyl (C=O) groups excluding carboxylic acids is 2.